The Bertz CT molecular complexity index is 1890. The van der Waals surface area contributed by atoms with E-state index in [2.05, 4.69) is 93.0 Å². The Morgan fingerprint density at radius 1 is 0.787 bits per heavy atom. The van der Waals surface area contributed by atoms with Crippen molar-refractivity contribution in [1.82, 2.24) is 10.2 Å². The second-order valence-electron chi connectivity index (χ2n) is 25.9. The monoisotopic (exact) mass is 1100 g/mol. The van der Waals surface area contributed by atoms with Crippen LogP contribution in [-0.4, -0.2) is 177 Å². The highest BCUT2D eigenvalue weighted by atomic mass is 28.4. The van der Waals surface area contributed by atoms with Gasteiger partial charge in [0.15, 0.2) is 41.6 Å². The Balaban J connectivity index is 1.57. The predicted molar refractivity (Wildman–Crippen MR) is 293 cm³/mol. The lowest BCUT2D eigenvalue weighted by atomic mass is 9.82. The van der Waals surface area contributed by atoms with E-state index < -0.39 is 120 Å². The highest BCUT2D eigenvalue weighted by Crippen LogP contribution is 2.45. The highest BCUT2D eigenvalue weighted by Gasteiger charge is 2.56. The van der Waals surface area contributed by atoms with Crippen molar-refractivity contribution in [3.05, 3.63) is 24.3 Å². The van der Waals surface area contributed by atoms with Gasteiger partial charge in [0.1, 0.15) is 24.6 Å². The van der Waals surface area contributed by atoms with Gasteiger partial charge in [0, 0.05) is 39.3 Å². The second kappa shape index (κ2) is 26.3. The van der Waals surface area contributed by atoms with Crippen molar-refractivity contribution in [1.29, 1.82) is 0 Å². The van der Waals surface area contributed by atoms with E-state index in [1.807, 2.05) is 65.0 Å². The van der Waals surface area contributed by atoms with E-state index in [0.717, 1.165) is 12.8 Å². The third kappa shape index (κ3) is 16.7. The first-order valence-corrected chi connectivity index (χ1v) is 33.7. The molecule has 5 heterocycles. The van der Waals surface area contributed by atoms with Gasteiger partial charge in [0.25, 0.3) is 0 Å². The van der Waals surface area contributed by atoms with Crippen molar-refractivity contribution in [3.63, 3.8) is 0 Å². The number of likely N-dealkylation sites (N-methyl/N-ethyl adjacent to an activating group) is 2. The largest absolute Gasteiger partial charge is 0.462 e. The second-order valence-corrected chi connectivity index (χ2v) is 35.4. The number of carbonyl (C=O) groups excluding carboxylic acids is 2. The molecule has 0 saturated carbocycles. The summed E-state index contributed by atoms with van der Waals surface area (Å²) in [7, 11) is 2.56. The molecule has 0 aromatic heterocycles. The summed E-state index contributed by atoms with van der Waals surface area (Å²) in [6.07, 6.45) is 1.04. The molecule has 19 heteroatoms. The standard InChI is InChI=1S/C56H102N2O15Si2/c1-33-29-39-30-45(72-74(18,19)54(7,8)9)69-42(31-43(60)63-34(2)25-23-22-24-26-41(33)68-44-28-27-40(57-14)35(3)64-44)50(62-17)49(39)71-53-51(67-38(6)59)47(58(15)16)48(36(4)66-53)70-46-32-56(13,61)52(37(5)65-46)73-75(20,21)55(10,11)12/h22-24,26,33-37,39-42,44-53,57,61H,25,27-32H2,1-21H3/b23-22-,26-24-/t33-,34-,35?,36?,37?,39-,40?,41+,42-,44?,45+,46?,47?,48?,49?,50+,51?,52?,53?,56?/m1/s1. The van der Waals surface area contributed by atoms with Gasteiger partial charge in [-0.1, -0.05) is 72.8 Å². The van der Waals surface area contributed by atoms with E-state index in [4.69, 9.17) is 56.2 Å². The summed E-state index contributed by atoms with van der Waals surface area (Å²) >= 11 is 0. The molecule has 5 rings (SSSR count). The van der Waals surface area contributed by atoms with Crippen LogP contribution in [0.3, 0.4) is 0 Å². The van der Waals surface area contributed by atoms with Crippen LogP contribution in [0.25, 0.3) is 0 Å². The van der Waals surface area contributed by atoms with Crippen LogP contribution in [0.4, 0.5) is 0 Å². The molecule has 5 aliphatic heterocycles. The number of methoxy groups -OCH3 is 1. The van der Waals surface area contributed by atoms with Crippen LogP contribution in [0.5, 0.6) is 0 Å². The minimum Gasteiger partial charge on any atom is -0.462 e. The highest BCUT2D eigenvalue weighted by molar-refractivity contribution is 6.74. The van der Waals surface area contributed by atoms with Gasteiger partial charge >= 0.3 is 11.9 Å². The molecule has 4 saturated heterocycles. The van der Waals surface area contributed by atoms with Crippen molar-refractivity contribution in [3.8, 4) is 0 Å². The maximum atomic E-state index is 14.0. The molecule has 2 N–H and O–H groups in total. The van der Waals surface area contributed by atoms with Crippen LogP contribution in [-0.2, 0) is 65.8 Å². The van der Waals surface area contributed by atoms with Crippen LogP contribution >= 0.6 is 0 Å². The lowest BCUT2D eigenvalue weighted by molar-refractivity contribution is -0.343. The Kier molecular flexibility index (Phi) is 22.5. The number of hydrogen-bond donors (Lipinski definition) is 2. The zero-order valence-corrected chi connectivity index (χ0v) is 51.8. The molecule has 17 nitrogen and oxygen atoms in total. The molecule has 2 bridgehead atoms. The molecular weight excluding hydrogens is 997 g/mol. The number of cyclic esters (lactones) is 1. The SMILES string of the molecule is CNC1CCC(O[C@H]2/C=C\C=C/C[C@@H](C)OC(=O)C[C@H]3O[C@@H](O[Si](C)(C)C(C)(C)C)C[C@@H](C[C@H]2C)C(OC2OC(C)C(OC4CC(C)(O)C(O[Si](C)(C)C(C)(C)C)C(C)O4)C(N(C)C)C2OC(C)=O)[C@H]3OC)OC1C. The van der Waals surface area contributed by atoms with E-state index in [9.17, 15) is 14.7 Å². The number of carbonyl (C=O) groups is 2. The molecule has 0 radical (unpaired) electrons. The third-order valence-corrected chi connectivity index (χ3v) is 26.1. The van der Waals surface area contributed by atoms with E-state index in [0.29, 0.717) is 19.3 Å². The molecule has 5 aliphatic rings. The molecule has 4 fully saturated rings. The van der Waals surface area contributed by atoms with E-state index in [-0.39, 0.29) is 53.0 Å². The number of allylic oxidation sites excluding steroid dienone is 2. The van der Waals surface area contributed by atoms with Crippen molar-refractivity contribution in [2.75, 3.05) is 28.3 Å². The molecule has 13 unspecified atom stereocenters. The van der Waals surface area contributed by atoms with Crippen LogP contribution < -0.4 is 5.32 Å². The number of ether oxygens (including phenoxy) is 10. The lowest BCUT2D eigenvalue weighted by Crippen LogP contribution is -2.67. The molecule has 0 aliphatic carbocycles. The maximum Gasteiger partial charge on any atom is 0.308 e. The van der Waals surface area contributed by atoms with Gasteiger partial charge < -0.3 is 71.5 Å². The zero-order valence-electron chi connectivity index (χ0n) is 49.8. The van der Waals surface area contributed by atoms with Crippen LogP contribution in [0.1, 0.15) is 135 Å². The summed E-state index contributed by atoms with van der Waals surface area (Å²) < 4.78 is 81.0. The fraction of sp³-hybridized carbons (Fsp3) is 0.893. The van der Waals surface area contributed by atoms with Crippen molar-refractivity contribution in [2.24, 2.45) is 11.8 Å². The molecule has 0 amide bonds. The van der Waals surface area contributed by atoms with Gasteiger partial charge in [-0.2, -0.15) is 0 Å². The Hall–Kier alpha value is -1.67. The van der Waals surface area contributed by atoms with E-state index >= 15 is 0 Å². The fourth-order valence-corrected chi connectivity index (χ4v) is 13.5. The average Bonchev–Trinajstić information content (AvgIpc) is 3.38. The smallest absolute Gasteiger partial charge is 0.308 e. The third-order valence-electron chi connectivity index (χ3n) is 17.2. The number of nitrogens with one attached hydrogen (secondary N) is 1. The first-order valence-electron chi connectivity index (χ1n) is 27.9. The van der Waals surface area contributed by atoms with Gasteiger partial charge in [0.05, 0.1) is 60.8 Å². The quantitative estimate of drug-likeness (QED) is 0.124. The molecule has 0 aromatic carbocycles. The number of hydrogen-bond acceptors (Lipinski definition) is 17. The molecular formula is C56H102N2O15Si2. The maximum absolute atomic E-state index is 14.0. The predicted octanol–water partition coefficient (Wildman–Crippen LogP) is 8.77. The summed E-state index contributed by atoms with van der Waals surface area (Å²) in [5.74, 6) is -1.45. The van der Waals surface area contributed by atoms with Crippen molar-refractivity contribution < 1.29 is 70.9 Å². The summed E-state index contributed by atoms with van der Waals surface area (Å²) in [5.41, 5.74) is -1.29. The van der Waals surface area contributed by atoms with E-state index in [1.165, 1.54) is 6.92 Å². The number of aliphatic hydroxyl groups is 1. The van der Waals surface area contributed by atoms with Gasteiger partial charge in [-0.15, -0.1) is 0 Å². The van der Waals surface area contributed by atoms with Gasteiger partial charge in [0.2, 0.25) is 0 Å². The topological polar surface area (TPSA) is 180 Å². The minimum atomic E-state index is -2.50. The van der Waals surface area contributed by atoms with Crippen LogP contribution in [0.2, 0.25) is 36.3 Å². The first kappa shape index (κ1) is 64.2. The number of nitrogens with zero attached hydrogens (tertiary/aromatic N) is 1. The molecule has 75 heavy (non-hydrogen) atoms. The average molecular weight is 1100 g/mol. The Morgan fingerprint density at radius 3 is 2.00 bits per heavy atom. The summed E-state index contributed by atoms with van der Waals surface area (Å²) in [6.45, 7) is 34.9. The number of esters is 2. The Labute approximate surface area is 453 Å². The normalized spacial score (nSPS) is 41.2. The minimum absolute atomic E-state index is 0.0419. The van der Waals surface area contributed by atoms with Crippen LogP contribution in [0.15, 0.2) is 24.3 Å². The van der Waals surface area contributed by atoms with Crippen molar-refractivity contribution in [2.45, 2.75) is 281 Å². The van der Waals surface area contributed by atoms with Gasteiger partial charge in [-0.25, -0.2) is 0 Å². The van der Waals surface area contributed by atoms with Gasteiger partial charge in [-0.3, -0.25) is 9.59 Å². The van der Waals surface area contributed by atoms with Crippen LogP contribution in [0, 0.1) is 11.8 Å². The molecule has 0 aromatic rings. The van der Waals surface area contributed by atoms with E-state index in [1.54, 1.807) is 14.0 Å². The fourth-order valence-electron chi connectivity index (χ4n) is 10.9. The zero-order chi connectivity index (χ0) is 56.2. The van der Waals surface area contributed by atoms with Crippen molar-refractivity contribution >= 4 is 28.6 Å². The number of rotatable bonds is 14. The van der Waals surface area contributed by atoms with Gasteiger partial charge in [-0.05, 0) is 123 Å². The molecule has 20 atom stereocenters. The Morgan fingerprint density at radius 2 is 1.43 bits per heavy atom. The summed E-state index contributed by atoms with van der Waals surface area (Å²) in [4.78, 5) is 29.3. The first-order chi connectivity index (χ1) is 34.7. The number of fused-ring (bicyclic) bond motifs is 3. The molecule has 0 spiro atoms. The summed E-state index contributed by atoms with van der Waals surface area (Å²) in [6, 6.07) is -0.401. The lowest BCUT2D eigenvalue weighted by Gasteiger charge is -2.52. The summed E-state index contributed by atoms with van der Waals surface area (Å²) in [5, 5.41) is 15.2. The molecule has 434 valence electrons.